The zero-order valence-electron chi connectivity index (χ0n) is 20.9. The van der Waals surface area contributed by atoms with Crippen LogP contribution in [-0.4, -0.2) is 50.7 Å². The normalized spacial score (nSPS) is 13.0. The number of aromatic nitrogens is 1. The van der Waals surface area contributed by atoms with E-state index in [1.54, 1.807) is 38.4 Å². The molecule has 1 heterocycles. The van der Waals surface area contributed by atoms with Crippen LogP contribution in [0, 0.1) is 11.3 Å². The number of carbonyl (C=O) groups excluding carboxylic acids is 2. The Labute approximate surface area is 208 Å². The number of benzene rings is 1. The number of carboxylic acid groups (broad SMARTS) is 1. The first-order valence-electron chi connectivity index (χ1n) is 11.4. The highest BCUT2D eigenvalue weighted by Gasteiger charge is 2.27. The van der Waals surface area contributed by atoms with E-state index in [9.17, 15) is 19.5 Å². The fourth-order valence-corrected chi connectivity index (χ4v) is 3.23. The molecule has 196 valence electrons. The molecule has 12 nitrogen and oxygen atoms in total. The van der Waals surface area contributed by atoms with Crippen LogP contribution in [0.2, 0.25) is 0 Å². The number of carboxylic acids is 1. The zero-order chi connectivity index (χ0) is 27.0. The minimum atomic E-state index is -1.26. The van der Waals surface area contributed by atoms with E-state index in [-0.39, 0.29) is 29.8 Å². The van der Waals surface area contributed by atoms with Crippen molar-refractivity contribution in [1.29, 1.82) is 5.41 Å². The standard InChI is InChI=1S/C24H33N5O7/c1-13(2)10-16(28-23(33)36-24(3,4)5)21-27-18(12-35-21)20(30)26-17(22(31)32)11-14-6-8-15(9-7-14)19(25)29-34/h6-9,12-13,16-17,34H,10-11H2,1-5H3,(H2,25,29)(H,26,30)(H,28,33)(H,31,32)/t16?,17-/m0/s1. The van der Waals surface area contributed by atoms with Gasteiger partial charge >= 0.3 is 12.1 Å². The number of rotatable bonds is 10. The number of ether oxygens (including phenoxy) is 1. The molecule has 0 aliphatic carbocycles. The van der Waals surface area contributed by atoms with Gasteiger partial charge in [0.15, 0.2) is 5.69 Å². The number of hydrogen-bond donors (Lipinski definition) is 6. The number of carbonyl (C=O) groups is 3. The fourth-order valence-electron chi connectivity index (χ4n) is 3.23. The molecule has 0 radical (unpaired) electrons. The summed E-state index contributed by atoms with van der Waals surface area (Å²) >= 11 is 0. The first kappa shape index (κ1) is 28.3. The van der Waals surface area contributed by atoms with Crippen molar-refractivity contribution in [3.05, 3.63) is 53.2 Å². The van der Waals surface area contributed by atoms with Gasteiger partial charge in [0.25, 0.3) is 5.91 Å². The van der Waals surface area contributed by atoms with E-state index >= 15 is 0 Å². The number of oxazole rings is 1. The van der Waals surface area contributed by atoms with E-state index in [0.717, 1.165) is 6.26 Å². The number of hydroxylamine groups is 1. The summed E-state index contributed by atoms with van der Waals surface area (Å²) < 4.78 is 10.7. The number of hydrogen-bond acceptors (Lipinski definition) is 8. The van der Waals surface area contributed by atoms with Gasteiger partial charge in [0, 0.05) is 12.0 Å². The van der Waals surface area contributed by atoms with Crippen molar-refractivity contribution in [3.63, 3.8) is 0 Å². The Morgan fingerprint density at radius 1 is 1.14 bits per heavy atom. The minimum absolute atomic E-state index is 0.0257. The topological polar surface area (TPSA) is 187 Å². The van der Waals surface area contributed by atoms with Gasteiger partial charge in [-0.05, 0) is 38.7 Å². The number of nitrogens with one attached hydrogen (secondary N) is 4. The molecule has 0 aliphatic rings. The molecule has 0 fully saturated rings. The molecule has 0 saturated heterocycles. The SMILES string of the molecule is CC(C)CC(NC(=O)OC(C)(C)C)c1nc(C(=O)N[C@@H](Cc2ccc(C(=N)NO)cc2)C(=O)O)co1. The lowest BCUT2D eigenvalue weighted by atomic mass is 10.0. The number of amides is 2. The molecule has 36 heavy (non-hydrogen) atoms. The Balaban J connectivity index is 2.12. The lowest BCUT2D eigenvalue weighted by Crippen LogP contribution is -2.42. The molecule has 0 bridgehead atoms. The molecule has 12 heteroatoms. The largest absolute Gasteiger partial charge is 0.480 e. The van der Waals surface area contributed by atoms with Gasteiger partial charge in [0.05, 0.1) is 0 Å². The second kappa shape index (κ2) is 12.2. The Hall–Kier alpha value is -3.93. The molecule has 1 unspecified atom stereocenters. The second-order valence-corrected chi connectivity index (χ2v) is 9.65. The van der Waals surface area contributed by atoms with E-state index in [4.69, 9.17) is 19.8 Å². The molecule has 6 N–H and O–H groups in total. The Morgan fingerprint density at radius 3 is 2.31 bits per heavy atom. The molecule has 2 atom stereocenters. The summed E-state index contributed by atoms with van der Waals surface area (Å²) in [4.78, 5) is 40.9. The van der Waals surface area contributed by atoms with Gasteiger partial charge in [-0.15, -0.1) is 0 Å². The van der Waals surface area contributed by atoms with Crippen molar-refractivity contribution in [1.82, 2.24) is 21.1 Å². The fraction of sp³-hybridized carbons (Fsp3) is 0.458. The Bertz CT molecular complexity index is 1070. The summed E-state index contributed by atoms with van der Waals surface area (Å²) in [7, 11) is 0. The van der Waals surface area contributed by atoms with Crippen molar-refractivity contribution in [2.45, 2.75) is 65.1 Å². The molecule has 2 amide bonds. The molecule has 2 rings (SSSR count). The van der Waals surface area contributed by atoms with Crippen LogP contribution in [0.3, 0.4) is 0 Å². The van der Waals surface area contributed by atoms with Crippen molar-refractivity contribution in [2.75, 3.05) is 0 Å². The summed E-state index contributed by atoms with van der Waals surface area (Å²) in [6.45, 7) is 9.12. The molecule has 0 aliphatic heterocycles. The highest BCUT2D eigenvalue weighted by molar-refractivity contribution is 5.96. The molecule has 0 spiro atoms. The third-order valence-corrected chi connectivity index (χ3v) is 4.85. The van der Waals surface area contributed by atoms with Gasteiger partial charge in [0.2, 0.25) is 5.89 Å². The number of aliphatic carboxylic acids is 1. The maximum Gasteiger partial charge on any atom is 0.408 e. The predicted molar refractivity (Wildman–Crippen MR) is 129 cm³/mol. The lowest BCUT2D eigenvalue weighted by Gasteiger charge is -2.23. The van der Waals surface area contributed by atoms with Crippen LogP contribution in [0.5, 0.6) is 0 Å². The van der Waals surface area contributed by atoms with Gasteiger partial charge in [0.1, 0.15) is 29.8 Å². The molecule has 1 aromatic carbocycles. The van der Waals surface area contributed by atoms with E-state index in [2.05, 4.69) is 15.6 Å². The zero-order valence-corrected chi connectivity index (χ0v) is 20.9. The maximum absolute atomic E-state index is 12.7. The third-order valence-electron chi connectivity index (χ3n) is 4.85. The van der Waals surface area contributed by atoms with Gasteiger partial charge in [-0.2, -0.15) is 0 Å². The average Bonchev–Trinajstić information content (AvgIpc) is 3.27. The maximum atomic E-state index is 12.7. The first-order valence-corrected chi connectivity index (χ1v) is 11.4. The van der Waals surface area contributed by atoms with Crippen LogP contribution in [0.4, 0.5) is 4.79 Å². The van der Waals surface area contributed by atoms with E-state index in [1.165, 1.54) is 12.1 Å². The van der Waals surface area contributed by atoms with Crippen molar-refractivity contribution < 1.29 is 33.9 Å². The highest BCUT2D eigenvalue weighted by atomic mass is 16.6. The van der Waals surface area contributed by atoms with Gasteiger partial charge in [-0.1, -0.05) is 38.1 Å². The number of alkyl carbamates (subject to hydrolysis) is 1. The quantitative estimate of drug-likeness (QED) is 0.161. The molecular weight excluding hydrogens is 470 g/mol. The third kappa shape index (κ3) is 8.69. The van der Waals surface area contributed by atoms with Crippen LogP contribution in [-0.2, 0) is 16.0 Å². The average molecular weight is 504 g/mol. The summed E-state index contributed by atoms with van der Waals surface area (Å²) in [5.74, 6) is -1.94. The minimum Gasteiger partial charge on any atom is -0.480 e. The van der Waals surface area contributed by atoms with E-state index in [0.29, 0.717) is 17.5 Å². The predicted octanol–water partition coefficient (Wildman–Crippen LogP) is 3.02. The van der Waals surface area contributed by atoms with E-state index in [1.807, 2.05) is 13.8 Å². The van der Waals surface area contributed by atoms with Crippen LogP contribution in [0.1, 0.15) is 74.6 Å². The summed E-state index contributed by atoms with van der Waals surface area (Å²) in [5, 5.41) is 31.1. The molecule has 2 aromatic rings. The number of nitrogens with zero attached hydrogens (tertiary/aromatic N) is 1. The van der Waals surface area contributed by atoms with Crippen LogP contribution in [0.15, 0.2) is 34.9 Å². The van der Waals surface area contributed by atoms with Gasteiger partial charge in [-0.3, -0.25) is 20.9 Å². The van der Waals surface area contributed by atoms with Crippen molar-refractivity contribution in [2.24, 2.45) is 5.92 Å². The van der Waals surface area contributed by atoms with Crippen LogP contribution < -0.4 is 16.1 Å². The summed E-state index contributed by atoms with van der Waals surface area (Å²) in [6, 6.07) is 4.36. The monoisotopic (exact) mass is 503 g/mol. The smallest absolute Gasteiger partial charge is 0.408 e. The highest BCUT2D eigenvalue weighted by Crippen LogP contribution is 2.22. The molecular formula is C24H33N5O7. The summed E-state index contributed by atoms with van der Waals surface area (Å²) in [6.07, 6.45) is 0.898. The molecule has 0 saturated carbocycles. The van der Waals surface area contributed by atoms with E-state index < -0.39 is 35.7 Å². The number of amidine groups is 1. The van der Waals surface area contributed by atoms with Gasteiger partial charge < -0.3 is 24.9 Å². The lowest BCUT2D eigenvalue weighted by molar-refractivity contribution is -0.139. The second-order valence-electron chi connectivity index (χ2n) is 9.65. The Morgan fingerprint density at radius 2 is 1.78 bits per heavy atom. The molecule has 1 aromatic heterocycles. The van der Waals surface area contributed by atoms with Crippen molar-refractivity contribution >= 4 is 23.8 Å². The van der Waals surface area contributed by atoms with Crippen LogP contribution >= 0.6 is 0 Å². The van der Waals surface area contributed by atoms with Gasteiger partial charge in [-0.25, -0.2) is 14.6 Å². The Kier molecular flexibility index (Phi) is 9.56. The summed E-state index contributed by atoms with van der Waals surface area (Å²) in [5.41, 5.74) is 1.90. The van der Waals surface area contributed by atoms with Crippen LogP contribution in [0.25, 0.3) is 0 Å². The first-order chi connectivity index (χ1) is 16.8. The van der Waals surface area contributed by atoms with Crippen molar-refractivity contribution in [3.8, 4) is 0 Å².